The second-order valence-electron chi connectivity index (χ2n) is 4.12. The van der Waals surface area contributed by atoms with Gasteiger partial charge in [0, 0.05) is 6.04 Å². The third-order valence-electron chi connectivity index (χ3n) is 3.04. The van der Waals surface area contributed by atoms with Crippen molar-refractivity contribution in [2.45, 2.75) is 38.6 Å². The van der Waals surface area contributed by atoms with Gasteiger partial charge in [0.1, 0.15) is 0 Å². The van der Waals surface area contributed by atoms with Crippen LogP contribution >= 0.6 is 0 Å². The fourth-order valence-electron chi connectivity index (χ4n) is 1.99. The Morgan fingerprint density at radius 3 is 2.87 bits per heavy atom. The van der Waals surface area contributed by atoms with Gasteiger partial charge in [-0.05, 0) is 19.8 Å². The summed E-state index contributed by atoms with van der Waals surface area (Å²) in [5.74, 6) is 1.12. The van der Waals surface area contributed by atoms with Crippen molar-refractivity contribution in [1.29, 1.82) is 0 Å². The van der Waals surface area contributed by atoms with Crippen molar-refractivity contribution >= 4 is 11.9 Å². The van der Waals surface area contributed by atoms with Crippen LogP contribution in [0.25, 0.3) is 0 Å². The topological polar surface area (TPSA) is 66.4 Å². The number of amides is 1. The average molecular weight is 209 g/mol. The largest absolute Gasteiger partial charge is 0.481 e. The Morgan fingerprint density at radius 2 is 2.33 bits per heavy atom. The number of hydrogen-bond donors (Lipinski definition) is 2. The second kappa shape index (κ2) is 4.35. The van der Waals surface area contributed by atoms with E-state index in [-0.39, 0.29) is 18.4 Å². The number of terminal acetylenes is 1. The summed E-state index contributed by atoms with van der Waals surface area (Å²) in [7, 11) is 0. The van der Waals surface area contributed by atoms with Crippen LogP contribution in [0.1, 0.15) is 32.6 Å². The van der Waals surface area contributed by atoms with Crippen LogP contribution in [0, 0.1) is 17.8 Å². The van der Waals surface area contributed by atoms with Crippen molar-refractivity contribution in [1.82, 2.24) is 5.32 Å². The molecule has 2 unspecified atom stereocenters. The fraction of sp³-hybridized carbons (Fsp3) is 0.636. The molecule has 0 aromatic rings. The van der Waals surface area contributed by atoms with Crippen LogP contribution in [-0.2, 0) is 9.59 Å². The zero-order valence-electron chi connectivity index (χ0n) is 8.75. The lowest BCUT2D eigenvalue weighted by Crippen LogP contribution is -2.46. The molecule has 0 aromatic heterocycles. The first-order chi connectivity index (χ1) is 7.00. The first-order valence-electron chi connectivity index (χ1n) is 4.97. The minimum atomic E-state index is -0.856. The van der Waals surface area contributed by atoms with E-state index in [4.69, 9.17) is 11.5 Å². The molecule has 0 radical (unpaired) electrons. The highest BCUT2D eigenvalue weighted by Crippen LogP contribution is 2.38. The molecule has 1 aliphatic carbocycles. The normalized spacial score (nSPS) is 29.5. The van der Waals surface area contributed by atoms with Crippen LogP contribution < -0.4 is 5.32 Å². The third kappa shape index (κ3) is 2.30. The van der Waals surface area contributed by atoms with Crippen LogP contribution in [-0.4, -0.2) is 23.0 Å². The Balaban J connectivity index is 2.66. The molecule has 0 saturated heterocycles. The van der Waals surface area contributed by atoms with E-state index >= 15 is 0 Å². The predicted octanol–water partition coefficient (Wildman–Crippen LogP) is 0.769. The van der Waals surface area contributed by atoms with Gasteiger partial charge in [-0.3, -0.25) is 9.59 Å². The first kappa shape index (κ1) is 11.6. The summed E-state index contributed by atoms with van der Waals surface area (Å²) in [5.41, 5.74) is -0.843. The van der Waals surface area contributed by atoms with Crippen LogP contribution in [0.4, 0.5) is 0 Å². The molecule has 1 rings (SSSR count). The molecule has 15 heavy (non-hydrogen) atoms. The van der Waals surface area contributed by atoms with E-state index < -0.39 is 11.4 Å². The SMILES string of the molecule is C#CCC(=O)NC1CCCC1(C)C(=O)O. The van der Waals surface area contributed by atoms with Crippen molar-refractivity contribution in [2.75, 3.05) is 0 Å². The monoisotopic (exact) mass is 209 g/mol. The molecule has 0 heterocycles. The number of carbonyl (C=O) groups is 2. The van der Waals surface area contributed by atoms with Gasteiger partial charge >= 0.3 is 5.97 Å². The molecule has 4 nitrogen and oxygen atoms in total. The van der Waals surface area contributed by atoms with Gasteiger partial charge in [0.2, 0.25) is 5.91 Å². The van der Waals surface area contributed by atoms with Crippen molar-refractivity contribution < 1.29 is 14.7 Å². The van der Waals surface area contributed by atoms with Gasteiger partial charge in [-0.2, -0.15) is 0 Å². The molecule has 2 atom stereocenters. The Bertz CT molecular complexity index is 318. The van der Waals surface area contributed by atoms with Crippen LogP contribution in [0.2, 0.25) is 0 Å². The van der Waals surface area contributed by atoms with E-state index in [1.807, 2.05) is 0 Å². The zero-order chi connectivity index (χ0) is 11.5. The molecule has 1 amide bonds. The van der Waals surface area contributed by atoms with E-state index in [0.29, 0.717) is 12.8 Å². The van der Waals surface area contributed by atoms with Crippen LogP contribution in [0.3, 0.4) is 0 Å². The highest BCUT2D eigenvalue weighted by atomic mass is 16.4. The van der Waals surface area contributed by atoms with E-state index in [2.05, 4.69) is 11.2 Å². The maximum Gasteiger partial charge on any atom is 0.311 e. The lowest BCUT2D eigenvalue weighted by molar-refractivity contribution is -0.149. The van der Waals surface area contributed by atoms with Gasteiger partial charge in [-0.25, -0.2) is 0 Å². The number of carboxylic acid groups (broad SMARTS) is 1. The van der Waals surface area contributed by atoms with E-state index in [1.165, 1.54) is 0 Å². The summed E-state index contributed by atoms with van der Waals surface area (Å²) < 4.78 is 0. The summed E-state index contributed by atoms with van der Waals surface area (Å²) in [4.78, 5) is 22.3. The summed E-state index contributed by atoms with van der Waals surface area (Å²) in [6.07, 6.45) is 7.14. The molecular formula is C11H15NO3. The lowest BCUT2D eigenvalue weighted by atomic mass is 9.85. The van der Waals surface area contributed by atoms with Gasteiger partial charge in [0.15, 0.2) is 0 Å². The Hall–Kier alpha value is -1.50. The number of hydrogen-bond acceptors (Lipinski definition) is 2. The molecule has 0 aromatic carbocycles. The summed E-state index contributed by atoms with van der Waals surface area (Å²) in [6.45, 7) is 1.67. The number of nitrogens with one attached hydrogen (secondary N) is 1. The van der Waals surface area contributed by atoms with Gasteiger partial charge in [-0.1, -0.05) is 12.3 Å². The van der Waals surface area contributed by atoms with E-state index in [0.717, 1.165) is 6.42 Å². The second-order valence-corrected chi connectivity index (χ2v) is 4.12. The quantitative estimate of drug-likeness (QED) is 0.675. The smallest absolute Gasteiger partial charge is 0.311 e. The maximum atomic E-state index is 11.3. The lowest BCUT2D eigenvalue weighted by Gasteiger charge is -2.27. The van der Waals surface area contributed by atoms with Gasteiger partial charge < -0.3 is 10.4 Å². The van der Waals surface area contributed by atoms with Gasteiger partial charge in [0.05, 0.1) is 11.8 Å². The first-order valence-corrected chi connectivity index (χ1v) is 4.97. The average Bonchev–Trinajstić information content (AvgIpc) is 2.50. The number of aliphatic carboxylic acids is 1. The predicted molar refractivity (Wildman–Crippen MR) is 55.0 cm³/mol. The highest BCUT2D eigenvalue weighted by Gasteiger charge is 2.45. The fourth-order valence-corrected chi connectivity index (χ4v) is 1.99. The van der Waals surface area contributed by atoms with Crippen molar-refractivity contribution in [3.63, 3.8) is 0 Å². The molecule has 0 aliphatic heterocycles. The molecule has 0 bridgehead atoms. The minimum Gasteiger partial charge on any atom is -0.481 e. The Kier molecular flexibility index (Phi) is 3.35. The summed E-state index contributed by atoms with van der Waals surface area (Å²) in [5, 5.41) is 11.8. The summed E-state index contributed by atoms with van der Waals surface area (Å²) in [6, 6.07) is -0.296. The van der Waals surface area contributed by atoms with Crippen molar-refractivity contribution in [3.05, 3.63) is 0 Å². The number of carboxylic acids is 1. The number of carbonyl (C=O) groups excluding carboxylic acids is 1. The molecule has 4 heteroatoms. The molecule has 1 saturated carbocycles. The van der Waals surface area contributed by atoms with Crippen LogP contribution in [0.5, 0.6) is 0 Å². The summed E-state index contributed by atoms with van der Waals surface area (Å²) >= 11 is 0. The van der Waals surface area contributed by atoms with Gasteiger partial charge in [-0.15, -0.1) is 6.42 Å². The molecular weight excluding hydrogens is 194 g/mol. The zero-order valence-corrected chi connectivity index (χ0v) is 8.75. The van der Waals surface area contributed by atoms with E-state index in [1.54, 1.807) is 6.92 Å². The van der Waals surface area contributed by atoms with Gasteiger partial charge in [0.25, 0.3) is 0 Å². The standard InChI is InChI=1S/C11H15NO3/c1-3-5-9(13)12-8-6-4-7-11(8,2)10(14)15/h1,8H,4-7H2,2H3,(H,12,13)(H,14,15). The highest BCUT2D eigenvalue weighted by molar-refractivity contribution is 5.81. The van der Waals surface area contributed by atoms with Crippen LogP contribution in [0.15, 0.2) is 0 Å². The third-order valence-corrected chi connectivity index (χ3v) is 3.04. The Morgan fingerprint density at radius 1 is 1.67 bits per heavy atom. The molecule has 1 aliphatic rings. The van der Waals surface area contributed by atoms with Crippen molar-refractivity contribution in [3.8, 4) is 12.3 Å². The van der Waals surface area contributed by atoms with E-state index in [9.17, 15) is 9.59 Å². The molecule has 1 fully saturated rings. The minimum absolute atomic E-state index is 0.00615. The van der Waals surface area contributed by atoms with Crippen molar-refractivity contribution in [2.24, 2.45) is 5.41 Å². The Labute approximate surface area is 89.0 Å². The maximum absolute atomic E-state index is 11.3. The molecule has 0 spiro atoms. The molecule has 82 valence electrons. The number of rotatable bonds is 3. The molecule has 2 N–H and O–H groups in total.